The monoisotopic (exact) mass is 414 g/mol. The number of nitrogens with zero attached hydrogens (tertiary/aromatic N) is 2. The first-order chi connectivity index (χ1) is 12.9. The molecule has 2 fully saturated rings. The molecule has 3 rings (SSSR count). The fourth-order valence-corrected chi connectivity index (χ4v) is 5.77. The summed E-state index contributed by atoms with van der Waals surface area (Å²) in [5.41, 5.74) is 0. The number of ether oxygens (including phenoxy) is 1. The average Bonchev–Trinajstić information content (AvgIpc) is 2.97. The molecule has 1 aromatic carbocycles. The Hall–Kier alpha value is -1.31. The van der Waals surface area contributed by atoms with Crippen LogP contribution in [0.4, 0.5) is 0 Å². The highest BCUT2D eigenvalue weighted by atomic mass is 35.5. The van der Waals surface area contributed by atoms with Crippen LogP contribution in [-0.4, -0.2) is 56.8 Å². The Morgan fingerprint density at radius 1 is 1.07 bits per heavy atom. The summed E-state index contributed by atoms with van der Waals surface area (Å²) in [4.78, 5) is 14.9. The lowest BCUT2D eigenvalue weighted by molar-refractivity contribution is -0.136. The summed E-state index contributed by atoms with van der Waals surface area (Å²) in [6, 6.07) is 4.58. The van der Waals surface area contributed by atoms with Gasteiger partial charge in [0.25, 0.3) is 0 Å². The van der Waals surface area contributed by atoms with Crippen LogP contribution >= 0.6 is 11.6 Å². The van der Waals surface area contributed by atoms with Gasteiger partial charge in [-0.25, -0.2) is 8.42 Å². The van der Waals surface area contributed by atoms with Crippen molar-refractivity contribution in [3.05, 3.63) is 23.2 Å². The number of amides is 1. The van der Waals surface area contributed by atoms with Crippen molar-refractivity contribution in [1.82, 2.24) is 9.21 Å². The summed E-state index contributed by atoms with van der Waals surface area (Å²) >= 11 is 5.99. The third kappa shape index (κ3) is 4.58. The summed E-state index contributed by atoms with van der Waals surface area (Å²) in [5.74, 6) is 0.382. The second kappa shape index (κ2) is 8.80. The minimum absolute atomic E-state index is 0.0785. The zero-order chi connectivity index (χ0) is 19.4. The van der Waals surface area contributed by atoms with Gasteiger partial charge in [-0.3, -0.25) is 4.79 Å². The molecule has 0 saturated carbocycles. The van der Waals surface area contributed by atoms with Crippen LogP contribution in [0.15, 0.2) is 23.1 Å². The quantitative estimate of drug-likeness (QED) is 0.759. The lowest BCUT2D eigenvalue weighted by Crippen LogP contribution is -2.44. The number of carbonyl (C=O) groups excluding carboxylic acids is 1. The topological polar surface area (TPSA) is 66.9 Å². The van der Waals surface area contributed by atoms with E-state index in [0.29, 0.717) is 31.0 Å². The van der Waals surface area contributed by atoms with E-state index < -0.39 is 10.0 Å². The number of hydrogen-bond acceptors (Lipinski definition) is 4. The molecule has 0 N–H and O–H groups in total. The molecule has 0 spiro atoms. The van der Waals surface area contributed by atoms with Crippen LogP contribution < -0.4 is 4.74 Å². The lowest BCUT2D eigenvalue weighted by atomic mass is 9.96. The largest absolute Gasteiger partial charge is 0.495 e. The van der Waals surface area contributed by atoms with Crippen LogP contribution in [-0.2, 0) is 14.8 Å². The van der Waals surface area contributed by atoms with Crippen molar-refractivity contribution in [3.63, 3.8) is 0 Å². The van der Waals surface area contributed by atoms with E-state index in [1.165, 1.54) is 30.3 Å². The van der Waals surface area contributed by atoms with Crippen LogP contribution in [0.25, 0.3) is 0 Å². The molecule has 2 aliphatic heterocycles. The maximum absolute atomic E-state index is 13.0. The van der Waals surface area contributed by atoms with Gasteiger partial charge in [0.2, 0.25) is 15.9 Å². The van der Waals surface area contributed by atoms with Gasteiger partial charge < -0.3 is 9.64 Å². The maximum atomic E-state index is 13.0. The Morgan fingerprint density at radius 3 is 2.30 bits per heavy atom. The minimum Gasteiger partial charge on any atom is -0.495 e. The molecule has 0 aromatic heterocycles. The molecule has 0 bridgehead atoms. The predicted octanol–water partition coefficient (Wildman–Crippen LogP) is 3.15. The van der Waals surface area contributed by atoms with Crippen LogP contribution in [0.1, 0.15) is 38.5 Å². The number of carbonyl (C=O) groups is 1. The van der Waals surface area contributed by atoms with Crippen molar-refractivity contribution < 1.29 is 17.9 Å². The molecule has 27 heavy (non-hydrogen) atoms. The van der Waals surface area contributed by atoms with Crippen molar-refractivity contribution >= 4 is 27.5 Å². The van der Waals surface area contributed by atoms with Gasteiger partial charge in [0.1, 0.15) is 10.6 Å². The van der Waals surface area contributed by atoms with E-state index in [4.69, 9.17) is 16.3 Å². The number of halogens is 1. The second-order valence-electron chi connectivity index (χ2n) is 7.21. The lowest BCUT2D eigenvalue weighted by Gasteiger charge is -2.33. The molecule has 0 radical (unpaired) electrons. The number of benzene rings is 1. The SMILES string of the molecule is COc1ccc(Cl)cc1S(=O)(=O)N1CCC(C(=O)N2CCCCCC2)CC1. The Morgan fingerprint density at radius 2 is 1.70 bits per heavy atom. The van der Waals surface area contributed by atoms with Gasteiger partial charge in [0.05, 0.1) is 7.11 Å². The third-order valence-corrected chi connectivity index (χ3v) is 7.62. The average molecular weight is 415 g/mol. The molecular weight excluding hydrogens is 388 g/mol. The predicted molar refractivity (Wildman–Crippen MR) is 105 cm³/mol. The molecule has 1 amide bonds. The molecule has 1 aromatic rings. The van der Waals surface area contributed by atoms with E-state index >= 15 is 0 Å². The molecule has 8 heteroatoms. The molecule has 150 valence electrons. The van der Waals surface area contributed by atoms with Gasteiger partial charge in [-0.05, 0) is 43.9 Å². The molecular formula is C19H27ClN2O4S. The second-order valence-corrected chi connectivity index (χ2v) is 9.56. The molecule has 2 aliphatic rings. The van der Waals surface area contributed by atoms with Crippen LogP contribution in [0.2, 0.25) is 5.02 Å². The fourth-order valence-electron chi connectivity index (χ4n) is 3.88. The molecule has 6 nitrogen and oxygen atoms in total. The van der Waals surface area contributed by atoms with Crippen LogP contribution in [0, 0.1) is 5.92 Å². The van der Waals surface area contributed by atoms with Crippen LogP contribution in [0.3, 0.4) is 0 Å². The highest BCUT2D eigenvalue weighted by molar-refractivity contribution is 7.89. The summed E-state index contributed by atoms with van der Waals surface area (Å²) in [5, 5.41) is 0.348. The standard InChI is InChI=1S/C19H27ClN2O4S/c1-26-17-7-6-16(20)14-18(17)27(24,25)22-12-8-15(9-13-22)19(23)21-10-4-2-3-5-11-21/h6-7,14-15H,2-5,8-13H2,1H3. The number of piperidine rings is 1. The number of methoxy groups -OCH3 is 1. The molecule has 0 aliphatic carbocycles. The normalized spacial score (nSPS) is 20.3. The third-order valence-electron chi connectivity index (χ3n) is 5.46. The van der Waals surface area contributed by atoms with E-state index in [0.717, 1.165) is 25.9 Å². The first-order valence-corrected chi connectivity index (χ1v) is 11.4. The Labute approximate surface area is 166 Å². The highest BCUT2D eigenvalue weighted by Gasteiger charge is 2.35. The van der Waals surface area contributed by atoms with Crippen molar-refractivity contribution in [1.29, 1.82) is 0 Å². The van der Waals surface area contributed by atoms with E-state index in [2.05, 4.69) is 0 Å². The van der Waals surface area contributed by atoms with Gasteiger partial charge in [-0.15, -0.1) is 0 Å². The van der Waals surface area contributed by atoms with Gasteiger partial charge in [0.15, 0.2) is 0 Å². The first kappa shape index (κ1) is 20.4. The zero-order valence-corrected chi connectivity index (χ0v) is 17.3. The fraction of sp³-hybridized carbons (Fsp3) is 0.632. The first-order valence-electron chi connectivity index (χ1n) is 9.56. The summed E-state index contributed by atoms with van der Waals surface area (Å²) in [7, 11) is -2.27. The van der Waals surface area contributed by atoms with Gasteiger partial charge in [-0.1, -0.05) is 24.4 Å². The zero-order valence-electron chi connectivity index (χ0n) is 15.7. The minimum atomic E-state index is -3.71. The van der Waals surface area contributed by atoms with E-state index in [1.54, 1.807) is 12.1 Å². The number of sulfonamides is 1. The van der Waals surface area contributed by atoms with E-state index in [1.807, 2.05) is 4.90 Å². The van der Waals surface area contributed by atoms with Crippen molar-refractivity contribution in [2.24, 2.45) is 5.92 Å². The van der Waals surface area contributed by atoms with Crippen molar-refractivity contribution in [2.75, 3.05) is 33.3 Å². The number of hydrogen-bond donors (Lipinski definition) is 0. The summed E-state index contributed by atoms with van der Waals surface area (Å²) < 4.78 is 32.7. The smallest absolute Gasteiger partial charge is 0.246 e. The van der Waals surface area contributed by atoms with Crippen molar-refractivity contribution in [3.8, 4) is 5.75 Å². The number of likely N-dealkylation sites (tertiary alicyclic amines) is 1. The Balaban J connectivity index is 1.68. The molecule has 0 atom stereocenters. The Bertz CT molecular complexity index is 768. The maximum Gasteiger partial charge on any atom is 0.246 e. The number of rotatable bonds is 4. The van der Waals surface area contributed by atoms with Gasteiger partial charge >= 0.3 is 0 Å². The van der Waals surface area contributed by atoms with Crippen molar-refractivity contribution in [2.45, 2.75) is 43.4 Å². The van der Waals surface area contributed by atoms with E-state index in [9.17, 15) is 13.2 Å². The van der Waals surface area contributed by atoms with Gasteiger partial charge in [-0.2, -0.15) is 4.31 Å². The molecule has 2 heterocycles. The van der Waals surface area contributed by atoms with Gasteiger partial charge in [0, 0.05) is 37.1 Å². The summed E-state index contributed by atoms with van der Waals surface area (Å²) in [6.45, 7) is 2.33. The highest BCUT2D eigenvalue weighted by Crippen LogP contribution is 2.32. The molecule has 2 saturated heterocycles. The van der Waals surface area contributed by atoms with Crippen LogP contribution in [0.5, 0.6) is 5.75 Å². The molecule has 0 unspecified atom stereocenters. The Kier molecular flexibility index (Phi) is 6.65. The summed E-state index contributed by atoms with van der Waals surface area (Å²) in [6.07, 6.45) is 5.60. The van der Waals surface area contributed by atoms with E-state index in [-0.39, 0.29) is 22.5 Å².